The van der Waals surface area contributed by atoms with Gasteiger partial charge in [-0.15, -0.1) is 0 Å². The highest BCUT2D eigenvalue weighted by Crippen LogP contribution is 2.70. The highest BCUT2D eigenvalue weighted by Gasteiger charge is 2.71. The van der Waals surface area contributed by atoms with Crippen molar-refractivity contribution < 1.29 is 89.0 Å². The molecule has 18 heteroatoms. The van der Waals surface area contributed by atoms with E-state index in [4.69, 9.17) is 37.9 Å². The zero-order valence-corrected chi connectivity index (χ0v) is 37.0. The van der Waals surface area contributed by atoms with Crippen molar-refractivity contribution in [2.75, 3.05) is 19.8 Å². The van der Waals surface area contributed by atoms with Crippen LogP contribution < -0.4 is 0 Å². The zero-order chi connectivity index (χ0) is 45.1. The van der Waals surface area contributed by atoms with E-state index in [1.165, 1.54) is 12.5 Å². The van der Waals surface area contributed by atoms with E-state index in [0.717, 1.165) is 32.1 Å². The van der Waals surface area contributed by atoms with E-state index in [9.17, 15) is 51.1 Å². The summed E-state index contributed by atoms with van der Waals surface area (Å²) in [7, 11) is 0. The molecule has 0 aromatic carbocycles. The third kappa shape index (κ3) is 7.62. The maximum atomic E-state index is 12.3. The number of aliphatic hydroxyl groups excluding tert-OH is 10. The Bertz CT molecular complexity index is 1640. The van der Waals surface area contributed by atoms with E-state index in [2.05, 4.69) is 33.8 Å². The second-order valence-corrected chi connectivity index (χ2v) is 21.1. The number of rotatable bonds is 8. The van der Waals surface area contributed by atoms with Gasteiger partial charge in [0.25, 0.3) is 0 Å². The summed E-state index contributed by atoms with van der Waals surface area (Å²) in [6, 6.07) is 0. The summed E-state index contributed by atoms with van der Waals surface area (Å²) in [5.74, 6) is 1.17. The second-order valence-electron chi connectivity index (χ2n) is 21.1. The Balaban J connectivity index is 0.951. The second kappa shape index (κ2) is 17.5. The summed E-state index contributed by atoms with van der Waals surface area (Å²) >= 11 is 0. The summed E-state index contributed by atoms with van der Waals surface area (Å²) in [6.07, 6.45) is -15.9. The predicted octanol–water partition coefficient (Wildman–Crippen LogP) is -0.815. The van der Waals surface area contributed by atoms with Crippen LogP contribution in [0.4, 0.5) is 0 Å². The minimum absolute atomic E-state index is 0.0382. The number of ether oxygens (including phenoxy) is 8. The van der Waals surface area contributed by atoms with Crippen LogP contribution in [0.25, 0.3) is 0 Å². The molecule has 8 fully saturated rings. The molecule has 10 N–H and O–H groups in total. The van der Waals surface area contributed by atoms with Gasteiger partial charge in [0.2, 0.25) is 0 Å². The largest absolute Gasteiger partial charge is 0.394 e. The molecule has 3 saturated carbocycles. The fourth-order valence-electron chi connectivity index (χ4n) is 14.0. The molecule has 27 atom stereocenters. The van der Waals surface area contributed by atoms with Crippen LogP contribution in [0.5, 0.6) is 0 Å². The first-order chi connectivity index (χ1) is 29.9. The van der Waals surface area contributed by atoms with E-state index >= 15 is 0 Å². The predicted molar refractivity (Wildman–Crippen MR) is 216 cm³/mol. The lowest BCUT2D eigenvalue weighted by Crippen LogP contribution is -2.67. The lowest BCUT2D eigenvalue weighted by atomic mass is 9.46. The van der Waals surface area contributed by atoms with Crippen molar-refractivity contribution in [3.05, 3.63) is 11.6 Å². The van der Waals surface area contributed by atoms with Crippen LogP contribution in [0.3, 0.4) is 0 Å². The highest BCUT2D eigenvalue weighted by atomic mass is 16.8. The molecule has 27 unspecified atom stereocenters. The highest BCUT2D eigenvalue weighted by molar-refractivity contribution is 5.27. The molecule has 5 saturated heterocycles. The van der Waals surface area contributed by atoms with Crippen molar-refractivity contribution in [1.82, 2.24) is 0 Å². The molecule has 0 aromatic heterocycles. The molecule has 63 heavy (non-hydrogen) atoms. The van der Waals surface area contributed by atoms with E-state index in [1.807, 2.05) is 0 Å². The summed E-state index contributed by atoms with van der Waals surface area (Å²) in [5.41, 5.74) is 0.675. The fourth-order valence-corrected chi connectivity index (χ4v) is 14.0. The SMILES string of the molecule is CC1CCC2(OC1)OC1CC3C4CC=C5CC(OC6OC(CO)C(O)C(OC7OC(CO)C(O)C(O)C7O)C6OC6OC(C)C(O)C(O)C6O)CCC5(C)C4CC(O)C3(C)C1C2C. The molecule has 9 aliphatic rings. The molecule has 0 radical (unpaired) electrons. The van der Waals surface area contributed by atoms with Crippen molar-refractivity contribution in [3.8, 4) is 0 Å². The first-order valence-corrected chi connectivity index (χ1v) is 23.5. The molecule has 1 spiro atoms. The van der Waals surface area contributed by atoms with Crippen LogP contribution in [0.15, 0.2) is 11.6 Å². The van der Waals surface area contributed by atoms with Gasteiger partial charge in [-0.1, -0.05) is 39.3 Å². The Morgan fingerprint density at radius 3 is 2.02 bits per heavy atom. The van der Waals surface area contributed by atoms with Gasteiger partial charge in [-0.3, -0.25) is 0 Å². The maximum absolute atomic E-state index is 12.3. The lowest BCUT2D eigenvalue weighted by Gasteiger charge is -2.60. The van der Waals surface area contributed by atoms with Crippen LogP contribution in [0.2, 0.25) is 0 Å². The lowest BCUT2D eigenvalue weighted by molar-refractivity contribution is -0.394. The molecule has 5 heterocycles. The van der Waals surface area contributed by atoms with Crippen molar-refractivity contribution in [2.24, 2.45) is 46.3 Å². The zero-order valence-electron chi connectivity index (χ0n) is 37.0. The van der Waals surface area contributed by atoms with Crippen LogP contribution >= 0.6 is 0 Å². The molecule has 18 nitrogen and oxygen atoms in total. The van der Waals surface area contributed by atoms with E-state index in [0.29, 0.717) is 37.7 Å². The number of aliphatic hydroxyl groups is 10. The van der Waals surface area contributed by atoms with Gasteiger partial charge in [0.15, 0.2) is 24.7 Å². The third-order valence-electron chi connectivity index (χ3n) is 17.8. The molecular weight excluding hydrogens is 828 g/mol. The van der Waals surface area contributed by atoms with Crippen molar-refractivity contribution >= 4 is 0 Å². The molecule has 9 rings (SSSR count). The Labute approximate surface area is 368 Å². The van der Waals surface area contributed by atoms with Crippen LogP contribution in [0.1, 0.15) is 86.0 Å². The normalized spacial score (nSPS) is 58.1. The average Bonchev–Trinajstić information content (AvgIpc) is 3.71. The summed E-state index contributed by atoms with van der Waals surface area (Å²) in [5, 5.41) is 108. The molecule has 4 aliphatic carbocycles. The van der Waals surface area contributed by atoms with E-state index in [-0.39, 0.29) is 40.6 Å². The van der Waals surface area contributed by atoms with Gasteiger partial charge in [-0.05, 0) is 81.0 Å². The van der Waals surface area contributed by atoms with Crippen LogP contribution in [-0.4, -0.2) is 187 Å². The number of allylic oxidation sites excluding steroid dienone is 1. The molecule has 0 aromatic rings. The van der Waals surface area contributed by atoms with Crippen molar-refractivity contribution in [1.29, 1.82) is 0 Å². The summed E-state index contributed by atoms with van der Waals surface area (Å²) in [6.45, 7) is 9.81. The minimum atomic E-state index is -1.86. The Kier molecular flexibility index (Phi) is 13.1. The van der Waals surface area contributed by atoms with E-state index < -0.39 is 123 Å². The first-order valence-electron chi connectivity index (χ1n) is 23.5. The minimum Gasteiger partial charge on any atom is -0.394 e. The summed E-state index contributed by atoms with van der Waals surface area (Å²) in [4.78, 5) is 0. The topological polar surface area (TPSA) is 276 Å². The van der Waals surface area contributed by atoms with Gasteiger partial charge in [0.05, 0.1) is 44.2 Å². The fraction of sp³-hybridized carbons (Fsp3) is 0.956. The van der Waals surface area contributed by atoms with Gasteiger partial charge >= 0.3 is 0 Å². The smallest absolute Gasteiger partial charge is 0.187 e. The number of hydrogen-bond donors (Lipinski definition) is 10. The first kappa shape index (κ1) is 47.1. The monoisotopic (exact) mass is 900 g/mol. The molecule has 0 amide bonds. The van der Waals surface area contributed by atoms with Gasteiger partial charge in [-0.25, -0.2) is 0 Å². The molecular formula is C45H72O18. The molecule has 5 aliphatic heterocycles. The quantitative estimate of drug-likeness (QED) is 0.133. The van der Waals surface area contributed by atoms with Crippen LogP contribution in [-0.2, 0) is 37.9 Å². The van der Waals surface area contributed by atoms with Crippen molar-refractivity contribution in [2.45, 2.75) is 202 Å². The van der Waals surface area contributed by atoms with Gasteiger partial charge in [0.1, 0.15) is 67.1 Å². The van der Waals surface area contributed by atoms with Crippen molar-refractivity contribution in [3.63, 3.8) is 0 Å². The van der Waals surface area contributed by atoms with Gasteiger partial charge < -0.3 is 89.0 Å². The Hall–Kier alpha value is -0.980. The number of hydrogen-bond acceptors (Lipinski definition) is 18. The van der Waals surface area contributed by atoms with Gasteiger partial charge in [-0.2, -0.15) is 0 Å². The summed E-state index contributed by atoms with van der Waals surface area (Å²) < 4.78 is 50.1. The van der Waals surface area contributed by atoms with Gasteiger partial charge in [0, 0.05) is 23.7 Å². The molecule has 0 bridgehead atoms. The number of fused-ring (bicyclic) bond motifs is 7. The standard InChI is InChI=1S/C45H72O18/c1-18-8-11-45(56-17-18)19(2)30-26(63-45)13-25-23-7-6-21-12-22(9-10-43(21,4)24(23)14-29(48)44(25,30)5)58-42-39(62-40-36(54)34(52)31(49)20(3)57-40)38(33(51)28(16-47)60-42)61-41-37(55)35(53)32(50)27(15-46)59-41/h6,18-20,22-42,46-55H,7-17H2,1-5H3. The van der Waals surface area contributed by atoms with Crippen LogP contribution in [0, 0.1) is 46.3 Å². The maximum Gasteiger partial charge on any atom is 0.187 e. The Morgan fingerprint density at radius 2 is 1.33 bits per heavy atom. The van der Waals surface area contributed by atoms with E-state index in [1.54, 1.807) is 0 Å². The average molecular weight is 901 g/mol. The molecule has 360 valence electrons. The Morgan fingerprint density at radius 1 is 0.683 bits per heavy atom. The third-order valence-corrected chi connectivity index (χ3v) is 17.8.